The first kappa shape index (κ1) is 17.8. The molecule has 0 unspecified atom stereocenters. The predicted molar refractivity (Wildman–Crippen MR) is 97.3 cm³/mol. The molecular weight excluding hydrogens is 330 g/mol. The average molecular weight is 361 g/mol. The first-order valence-electron chi connectivity index (χ1n) is 10.4. The fraction of sp³-hybridized carbons (Fsp3) is 0.850. The lowest BCUT2D eigenvalue weighted by Gasteiger charge is -2.41. The van der Waals surface area contributed by atoms with E-state index in [9.17, 15) is 14.4 Å². The van der Waals surface area contributed by atoms with Gasteiger partial charge in [0.25, 0.3) is 5.91 Å². The average Bonchev–Trinajstić information content (AvgIpc) is 2.89. The fourth-order valence-corrected chi connectivity index (χ4v) is 5.70. The zero-order valence-electron chi connectivity index (χ0n) is 15.8. The molecule has 4 fully saturated rings. The van der Waals surface area contributed by atoms with Crippen molar-refractivity contribution in [3.63, 3.8) is 0 Å². The van der Waals surface area contributed by atoms with E-state index >= 15 is 0 Å². The predicted octanol–water partition coefficient (Wildman–Crippen LogP) is 2.53. The largest absolute Gasteiger partial charge is 0.341 e. The maximum atomic E-state index is 13.0. The van der Waals surface area contributed by atoms with Crippen LogP contribution < -0.4 is 5.32 Å². The molecule has 0 radical (unpaired) electrons. The molecule has 0 bridgehead atoms. The van der Waals surface area contributed by atoms with Crippen molar-refractivity contribution in [2.24, 2.45) is 17.8 Å². The smallest absolute Gasteiger partial charge is 0.325 e. The Morgan fingerprint density at radius 3 is 2.58 bits per heavy atom. The third-order valence-electron chi connectivity index (χ3n) is 7.44. The van der Waals surface area contributed by atoms with E-state index in [-0.39, 0.29) is 30.3 Å². The van der Waals surface area contributed by atoms with Crippen LogP contribution >= 0.6 is 0 Å². The highest BCUT2D eigenvalue weighted by atomic mass is 16.2. The minimum Gasteiger partial charge on any atom is -0.341 e. The number of nitrogens with zero attached hydrogens (tertiary/aromatic N) is 2. The third kappa shape index (κ3) is 2.91. The maximum absolute atomic E-state index is 13.0. The Morgan fingerprint density at radius 1 is 1.08 bits per heavy atom. The van der Waals surface area contributed by atoms with Gasteiger partial charge in [-0.3, -0.25) is 14.5 Å². The number of rotatable bonds is 2. The fourth-order valence-electron chi connectivity index (χ4n) is 5.70. The molecule has 4 amide bonds. The summed E-state index contributed by atoms with van der Waals surface area (Å²) >= 11 is 0. The van der Waals surface area contributed by atoms with Gasteiger partial charge in [0.05, 0.1) is 0 Å². The highest BCUT2D eigenvalue weighted by Gasteiger charge is 2.55. The summed E-state index contributed by atoms with van der Waals surface area (Å²) in [5, 5.41) is 2.94. The van der Waals surface area contributed by atoms with Gasteiger partial charge in [0.15, 0.2) is 0 Å². The summed E-state index contributed by atoms with van der Waals surface area (Å²) in [5.41, 5.74) is -0.772. The molecule has 2 aliphatic carbocycles. The number of piperidine rings is 1. The summed E-state index contributed by atoms with van der Waals surface area (Å²) in [4.78, 5) is 41.4. The number of hydrogen-bond donors (Lipinski definition) is 1. The Bertz CT molecular complexity index is 607. The van der Waals surface area contributed by atoms with E-state index in [4.69, 9.17) is 0 Å². The van der Waals surface area contributed by atoms with E-state index in [0.717, 1.165) is 44.7 Å². The van der Waals surface area contributed by atoms with Crippen LogP contribution in [0, 0.1) is 17.8 Å². The third-order valence-corrected chi connectivity index (χ3v) is 7.44. The van der Waals surface area contributed by atoms with Crippen molar-refractivity contribution in [3.05, 3.63) is 0 Å². The number of carbonyl (C=O) groups is 3. The Kier molecular flexibility index (Phi) is 4.70. The lowest BCUT2D eigenvalue weighted by molar-refractivity contribution is -0.142. The van der Waals surface area contributed by atoms with E-state index in [0.29, 0.717) is 12.3 Å². The second kappa shape index (κ2) is 6.86. The topological polar surface area (TPSA) is 69.7 Å². The van der Waals surface area contributed by atoms with Crippen molar-refractivity contribution >= 4 is 17.8 Å². The molecule has 6 heteroatoms. The molecule has 1 spiro atoms. The van der Waals surface area contributed by atoms with Gasteiger partial charge in [-0.25, -0.2) is 4.79 Å². The van der Waals surface area contributed by atoms with Crippen LogP contribution in [0.4, 0.5) is 4.79 Å². The quantitative estimate of drug-likeness (QED) is 0.769. The zero-order chi connectivity index (χ0) is 18.3. The van der Waals surface area contributed by atoms with Crippen LogP contribution in [-0.2, 0) is 9.59 Å². The SMILES string of the molecule is C[C@H]1CCCC[C@]12NC(=O)N(CC(=O)N1CC[C@@H]3CCCC[C@@H]3C1)C2=O. The van der Waals surface area contributed by atoms with E-state index in [1.54, 1.807) is 0 Å². The molecule has 4 rings (SSSR count). The molecule has 2 heterocycles. The normalized spacial score (nSPS) is 37.7. The summed E-state index contributed by atoms with van der Waals surface area (Å²) < 4.78 is 0. The van der Waals surface area contributed by atoms with Crippen LogP contribution in [0.3, 0.4) is 0 Å². The Balaban J connectivity index is 1.41. The minimum atomic E-state index is -0.772. The maximum Gasteiger partial charge on any atom is 0.325 e. The second-order valence-electron chi connectivity index (χ2n) is 8.87. The summed E-state index contributed by atoms with van der Waals surface area (Å²) in [6, 6.07) is -0.385. The monoisotopic (exact) mass is 361 g/mol. The number of fused-ring (bicyclic) bond motifs is 1. The molecule has 0 aromatic carbocycles. The number of nitrogens with one attached hydrogen (secondary N) is 1. The summed E-state index contributed by atoms with van der Waals surface area (Å²) in [5.74, 6) is 1.24. The standard InChI is InChI=1S/C20H31N3O3/c1-14-6-4-5-10-20(14)18(25)23(19(26)21-20)13-17(24)22-11-9-15-7-2-3-8-16(15)12-22/h14-16H,2-13H2,1H3,(H,21,26)/t14-,15-,16+,20-/m0/s1. The zero-order valence-corrected chi connectivity index (χ0v) is 15.8. The van der Waals surface area contributed by atoms with Gasteiger partial charge in [0.1, 0.15) is 12.1 Å². The molecule has 4 aliphatic rings. The highest BCUT2D eigenvalue weighted by Crippen LogP contribution is 2.39. The van der Waals surface area contributed by atoms with Gasteiger partial charge >= 0.3 is 6.03 Å². The van der Waals surface area contributed by atoms with Crippen LogP contribution in [0.1, 0.15) is 64.7 Å². The first-order valence-corrected chi connectivity index (χ1v) is 10.4. The molecule has 2 saturated carbocycles. The highest BCUT2D eigenvalue weighted by molar-refractivity contribution is 6.09. The lowest BCUT2D eigenvalue weighted by Crippen LogP contribution is -2.54. The van der Waals surface area contributed by atoms with Gasteiger partial charge in [-0.15, -0.1) is 0 Å². The molecule has 1 N–H and O–H groups in total. The molecule has 6 nitrogen and oxygen atoms in total. The van der Waals surface area contributed by atoms with Crippen molar-refractivity contribution in [2.45, 2.75) is 70.3 Å². The Morgan fingerprint density at radius 2 is 1.81 bits per heavy atom. The molecule has 2 saturated heterocycles. The van der Waals surface area contributed by atoms with Crippen molar-refractivity contribution in [1.29, 1.82) is 0 Å². The van der Waals surface area contributed by atoms with E-state index < -0.39 is 5.54 Å². The number of carbonyl (C=O) groups excluding carboxylic acids is 3. The summed E-state index contributed by atoms with van der Waals surface area (Å²) in [7, 11) is 0. The van der Waals surface area contributed by atoms with Gasteiger partial charge in [0.2, 0.25) is 5.91 Å². The van der Waals surface area contributed by atoms with E-state index in [1.165, 1.54) is 30.6 Å². The number of imide groups is 1. The van der Waals surface area contributed by atoms with Crippen molar-refractivity contribution in [1.82, 2.24) is 15.1 Å². The lowest BCUT2D eigenvalue weighted by atomic mass is 9.73. The number of urea groups is 1. The van der Waals surface area contributed by atoms with Gasteiger partial charge in [-0.05, 0) is 43.4 Å². The molecule has 144 valence electrons. The molecule has 0 aromatic rings. The Labute approximate surface area is 155 Å². The summed E-state index contributed by atoms with van der Waals surface area (Å²) in [6.07, 6.45) is 9.83. The van der Waals surface area contributed by atoms with Crippen molar-refractivity contribution in [2.75, 3.05) is 19.6 Å². The van der Waals surface area contributed by atoms with Crippen LogP contribution in [0.2, 0.25) is 0 Å². The van der Waals surface area contributed by atoms with E-state index in [2.05, 4.69) is 5.32 Å². The van der Waals surface area contributed by atoms with E-state index in [1.807, 2.05) is 11.8 Å². The molecule has 4 atom stereocenters. The van der Waals surface area contributed by atoms with Crippen LogP contribution in [-0.4, -0.2) is 52.8 Å². The minimum absolute atomic E-state index is 0.0713. The Hall–Kier alpha value is -1.59. The van der Waals surface area contributed by atoms with Crippen LogP contribution in [0.5, 0.6) is 0 Å². The number of amides is 4. The van der Waals surface area contributed by atoms with Crippen LogP contribution in [0.25, 0.3) is 0 Å². The van der Waals surface area contributed by atoms with Crippen molar-refractivity contribution in [3.8, 4) is 0 Å². The molecule has 26 heavy (non-hydrogen) atoms. The van der Waals surface area contributed by atoms with Gasteiger partial charge < -0.3 is 10.2 Å². The van der Waals surface area contributed by atoms with Crippen molar-refractivity contribution < 1.29 is 14.4 Å². The molecular formula is C20H31N3O3. The summed E-state index contributed by atoms with van der Waals surface area (Å²) in [6.45, 7) is 3.51. The van der Waals surface area contributed by atoms with Gasteiger partial charge in [-0.2, -0.15) is 0 Å². The molecule has 0 aromatic heterocycles. The first-order chi connectivity index (χ1) is 12.5. The number of hydrogen-bond acceptors (Lipinski definition) is 3. The second-order valence-corrected chi connectivity index (χ2v) is 8.87. The van der Waals surface area contributed by atoms with Gasteiger partial charge in [-0.1, -0.05) is 39.0 Å². The number of likely N-dealkylation sites (tertiary alicyclic amines) is 1. The molecule has 2 aliphatic heterocycles. The van der Waals surface area contributed by atoms with Gasteiger partial charge in [0, 0.05) is 13.1 Å². The van der Waals surface area contributed by atoms with Crippen LogP contribution in [0.15, 0.2) is 0 Å².